The van der Waals surface area contributed by atoms with E-state index in [4.69, 9.17) is 21.4 Å². The molecule has 0 bridgehead atoms. The number of carbonyl (C=O) groups is 2. The first-order valence-electron chi connectivity index (χ1n) is 5.90. The standard InChI is InChI=1S/C13H16ClNO5/c1-19-12(17)10(7-11(14)16)15-13(18)20-8-9-5-3-2-4-6-9/h2-6,10-11,16H,7-8H2,1H3,(H,15,18)/t10-,11?/m0/s1. The Labute approximate surface area is 121 Å². The highest BCUT2D eigenvalue weighted by atomic mass is 35.5. The van der Waals surface area contributed by atoms with E-state index in [1.165, 1.54) is 7.11 Å². The van der Waals surface area contributed by atoms with Crippen LogP contribution in [0.2, 0.25) is 0 Å². The number of esters is 1. The Bertz CT molecular complexity index is 438. The van der Waals surface area contributed by atoms with Gasteiger partial charge in [0.05, 0.1) is 7.11 Å². The number of alkyl halides is 1. The molecule has 0 aliphatic heterocycles. The van der Waals surface area contributed by atoms with Crippen LogP contribution in [-0.2, 0) is 20.9 Å². The number of hydrogen-bond acceptors (Lipinski definition) is 5. The van der Waals surface area contributed by atoms with Crippen LogP contribution < -0.4 is 5.32 Å². The molecule has 1 aromatic carbocycles. The third kappa shape index (κ3) is 5.90. The number of halogens is 1. The first-order valence-corrected chi connectivity index (χ1v) is 6.33. The van der Waals surface area contributed by atoms with Gasteiger partial charge in [-0.3, -0.25) is 0 Å². The fourth-order valence-electron chi connectivity index (χ4n) is 1.46. The first-order chi connectivity index (χ1) is 9.52. The summed E-state index contributed by atoms with van der Waals surface area (Å²) in [7, 11) is 1.17. The van der Waals surface area contributed by atoms with Crippen LogP contribution in [0.15, 0.2) is 30.3 Å². The number of hydrogen-bond donors (Lipinski definition) is 2. The molecule has 0 spiro atoms. The summed E-state index contributed by atoms with van der Waals surface area (Å²) in [5.74, 6) is -0.707. The zero-order chi connectivity index (χ0) is 15.0. The molecule has 0 radical (unpaired) electrons. The summed E-state index contributed by atoms with van der Waals surface area (Å²) in [6.07, 6.45) is -0.962. The second-order valence-corrected chi connectivity index (χ2v) is 4.46. The van der Waals surface area contributed by atoms with Gasteiger partial charge in [-0.25, -0.2) is 9.59 Å². The molecule has 0 aromatic heterocycles. The van der Waals surface area contributed by atoms with Crippen molar-refractivity contribution in [3.8, 4) is 0 Å². The SMILES string of the molecule is COC(=O)[C@H](CC(O)Cl)NC(=O)OCc1ccccc1. The highest BCUT2D eigenvalue weighted by Crippen LogP contribution is 2.05. The lowest BCUT2D eigenvalue weighted by atomic mass is 10.2. The molecule has 1 amide bonds. The van der Waals surface area contributed by atoms with E-state index in [2.05, 4.69) is 10.1 Å². The number of benzene rings is 1. The third-order valence-electron chi connectivity index (χ3n) is 2.42. The minimum Gasteiger partial charge on any atom is -0.467 e. The predicted molar refractivity (Wildman–Crippen MR) is 72.0 cm³/mol. The summed E-state index contributed by atoms with van der Waals surface area (Å²) in [6.45, 7) is 0.0734. The molecule has 2 atom stereocenters. The molecule has 0 fully saturated rings. The van der Waals surface area contributed by atoms with Gasteiger partial charge in [0.1, 0.15) is 18.2 Å². The van der Waals surface area contributed by atoms with E-state index in [0.29, 0.717) is 0 Å². The lowest BCUT2D eigenvalue weighted by molar-refractivity contribution is -0.143. The molecule has 0 saturated carbocycles. The monoisotopic (exact) mass is 301 g/mol. The van der Waals surface area contributed by atoms with Crippen LogP contribution in [0.4, 0.5) is 4.79 Å². The molecular formula is C13H16ClNO5. The lowest BCUT2D eigenvalue weighted by Gasteiger charge is -2.16. The molecule has 1 aromatic rings. The Balaban J connectivity index is 2.47. The average molecular weight is 302 g/mol. The maximum Gasteiger partial charge on any atom is 0.408 e. The van der Waals surface area contributed by atoms with Gasteiger partial charge in [-0.05, 0) is 5.56 Å². The molecule has 110 valence electrons. The van der Waals surface area contributed by atoms with Gasteiger partial charge in [0.15, 0.2) is 0 Å². The lowest BCUT2D eigenvalue weighted by Crippen LogP contribution is -2.43. The molecule has 0 saturated heterocycles. The van der Waals surface area contributed by atoms with Crippen LogP contribution in [0.25, 0.3) is 0 Å². The molecule has 1 unspecified atom stereocenters. The van der Waals surface area contributed by atoms with Gasteiger partial charge in [0, 0.05) is 6.42 Å². The van der Waals surface area contributed by atoms with Crippen molar-refractivity contribution in [1.29, 1.82) is 0 Å². The molecule has 6 nitrogen and oxygen atoms in total. The summed E-state index contributed by atoms with van der Waals surface area (Å²) in [5.41, 5.74) is -0.455. The normalized spacial score (nSPS) is 13.2. The first kappa shape index (κ1) is 16.3. The largest absolute Gasteiger partial charge is 0.467 e. The Morgan fingerprint density at radius 2 is 2.00 bits per heavy atom. The van der Waals surface area contributed by atoms with E-state index in [9.17, 15) is 9.59 Å². The second kappa shape index (κ2) is 8.39. The van der Waals surface area contributed by atoms with Crippen molar-refractivity contribution in [3.05, 3.63) is 35.9 Å². The Morgan fingerprint density at radius 1 is 1.35 bits per heavy atom. The van der Waals surface area contributed by atoms with Gasteiger partial charge in [0.25, 0.3) is 0 Å². The summed E-state index contributed by atoms with van der Waals surface area (Å²) < 4.78 is 9.45. The van der Waals surface area contributed by atoms with Crippen LogP contribution in [0.5, 0.6) is 0 Å². The van der Waals surface area contributed by atoms with Gasteiger partial charge in [-0.2, -0.15) is 0 Å². The summed E-state index contributed by atoms with van der Waals surface area (Å²) >= 11 is 5.39. The topological polar surface area (TPSA) is 84.9 Å². The van der Waals surface area contributed by atoms with Crippen molar-refractivity contribution < 1.29 is 24.2 Å². The molecule has 0 heterocycles. The molecule has 1 rings (SSSR count). The fourth-order valence-corrected chi connectivity index (χ4v) is 1.64. The zero-order valence-electron chi connectivity index (χ0n) is 10.9. The molecule has 20 heavy (non-hydrogen) atoms. The second-order valence-electron chi connectivity index (χ2n) is 3.95. The highest BCUT2D eigenvalue weighted by Gasteiger charge is 2.24. The minimum absolute atomic E-state index is 0.0734. The molecular weight excluding hydrogens is 286 g/mol. The average Bonchev–Trinajstić information content (AvgIpc) is 2.44. The molecule has 0 aliphatic rings. The van der Waals surface area contributed by atoms with Crippen molar-refractivity contribution in [1.82, 2.24) is 5.32 Å². The number of nitrogens with one attached hydrogen (secondary N) is 1. The number of aliphatic hydroxyl groups excluding tert-OH is 1. The van der Waals surface area contributed by atoms with Crippen LogP contribution in [0.3, 0.4) is 0 Å². The number of rotatable bonds is 6. The van der Waals surface area contributed by atoms with Crippen molar-refractivity contribution >= 4 is 23.7 Å². The quantitative estimate of drug-likeness (QED) is 0.613. The number of carbonyl (C=O) groups excluding carboxylic acids is 2. The van der Waals surface area contributed by atoms with Crippen LogP contribution in [0.1, 0.15) is 12.0 Å². The van der Waals surface area contributed by atoms with E-state index in [1.807, 2.05) is 18.2 Å². The Kier molecular flexibility index (Phi) is 6.83. The Morgan fingerprint density at radius 3 is 2.55 bits per heavy atom. The van der Waals surface area contributed by atoms with E-state index in [1.54, 1.807) is 12.1 Å². The van der Waals surface area contributed by atoms with Gasteiger partial charge < -0.3 is 19.9 Å². The Hall–Kier alpha value is -1.79. The zero-order valence-corrected chi connectivity index (χ0v) is 11.7. The van der Waals surface area contributed by atoms with Crippen LogP contribution in [-0.4, -0.2) is 35.9 Å². The minimum atomic E-state index is -1.27. The number of ether oxygens (including phenoxy) is 2. The molecule has 2 N–H and O–H groups in total. The van der Waals surface area contributed by atoms with Crippen molar-refractivity contribution in [3.63, 3.8) is 0 Å². The number of amides is 1. The fraction of sp³-hybridized carbons (Fsp3) is 0.385. The number of methoxy groups -OCH3 is 1. The maximum absolute atomic E-state index is 11.6. The van der Waals surface area contributed by atoms with Gasteiger partial charge in [0.2, 0.25) is 0 Å². The smallest absolute Gasteiger partial charge is 0.408 e. The van der Waals surface area contributed by atoms with Gasteiger partial charge >= 0.3 is 12.1 Å². The molecule has 0 aliphatic carbocycles. The maximum atomic E-state index is 11.6. The van der Waals surface area contributed by atoms with Crippen molar-refractivity contribution in [2.45, 2.75) is 24.6 Å². The van der Waals surface area contributed by atoms with Crippen LogP contribution in [0, 0.1) is 0 Å². The summed E-state index contributed by atoms with van der Waals surface area (Å²) in [5, 5.41) is 11.3. The third-order valence-corrected chi connectivity index (χ3v) is 2.60. The van der Waals surface area contributed by atoms with Gasteiger partial charge in [-0.1, -0.05) is 41.9 Å². The van der Waals surface area contributed by atoms with Crippen LogP contribution >= 0.6 is 11.6 Å². The summed E-state index contributed by atoms with van der Waals surface area (Å²) in [6, 6.07) is 8.02. The van der Waals surface area contributed by atoms with E-state index >= 15 is 0 Å². The number of aliphatic hydroxyl groups is 1. The summed E-state index contributed by atoms with van der Waals surface area (Å²) in [4.78, 5) is 23.0. The number of alkyl carbamates (subject to hydrolysis) is 1. The van der Waals surface area contributed by atoms with E-state index in [0.717, 1.165) is 5.56 Å². The predicted octanol–water partition coefficient (Wildman–Crippen LogP) is 1.40. The molecule has 7 heteroatoms. The van der Waals surface area contributed by atoms with Gasteiger partial charge in [-0.15, -0.1) is 0 Å². The van der Waals surface area contributed by atoms with E-state index < -0.39 is 23.7 Å². The van der Waals surface area contributed by atoms with Crippen molar-refractivity contribution in [2.24, 2.45) is 0 Å². The van der Waals surface area contributed by atoms with E-state index in [-0.39, 0.29) is 13.0 Å². The van der Waals surface area contributed by atoms with Crippen molar-refractivity contribution in [2.75, 3.05) is 7.11 Å². The highest BCUT2D eigenvalue weighted by molar-refractivity contribution is 6.19.